The molecule has 0 spiro atoms. The fourth-order valence-corrected chi connectivity index (χ4v) is 2.53. The lowest BCUT2D eigenvalue weighted by Gasteiger charge is -2.26. The lowest BCUT2D eigenvalue weighted by molar-refractivity contribution is -0.109. The van der Waals surface area contributed by atoms with Crippen molar-refractivity contribution >= 4 is 16.2 Å². The van der Waals surface area contributed by atoms with Crippen molar-refractivity contribution in [2.24, 2.45) is 0 Å². The molecule has 0 N–H and O–H groups in total. The van der Waals surface area contributed by atoms with Crippen LogP contribution in [0.5, 0.6) is 0 Å². The van der Waals surface area contributed by atoms with Crippen LogP contribution in [0.4, 0.5) is 26.7 Å². The molecule has 0 radical (unpaired) electrons. The Kier molecular flexibility index (Phi) is 5.76. The molecule has 6 nitrogen and oxygen atoms in total. The fraction of sp³-hybridized carbons (Fsp3) is 0.917. The van der Waals surface area contributed by atoms with Gasteiger partial charge >= 0.3 is 21.7 Å². The van der Waals surface area contributed by atoms with Gasteiger partial charge in [-0.1, -0.05) is 0 Å². The lowest BCUT2D eigenvalue weighted by Crippen LogP contribution is -2.40. The number of likely N-dealkylation sites (tertiary alicyclic amines) is 1. The van der Waals surface area contributed by atoms with Crippen molar-refractivity contribution in [3.63, 3.8) is 0 Å². The van der Waals surface area contributed by atoms with Gasteiger partial charge in [0.2, 0.25) is 0 Å². The van der Waals surface area contributed by atoms with E-state index in [4.69, 9.17) is 4.74 Å². The molecule has 12 heteroatoms. The van der Waals surface area contributed by atoms with E-state index in [0.717, 1.165) is 4.90 Å². The van der Waals surface area contributed by atoms with E-state index >= 15 is 0 Å². The van der Waals surface area contributed by atoms with Gasteiger partial charge in [0.25, 0.3) is 5.92 Å². The van der Waals surface area contributed by atoms with E-state index in [2.05, 4.69) is 4.18 Å². The largest absolute Gasteiger partial charge is 0.523 e. The second-order valence-electron chi connectivity index (χ2n) is 6.25. The number of carbonyl (C=O) groups is 1. The van der Waals surface area contributed by atoms with Gasteiger partial charge < -0.3 is 9.64 Å². The normalized spacial score (nSPS) is 22.8. The molecule has 1 amide bonds. The second kappa shape index (κ2) is 6.62. The first-order valence-corrected chi connectivity index (χ1v) is 8.31. The minimum absolute atomic E-state index is 0.428. The molecule has 142 valence electrons. The van der Waals surface area contributed by atoms with E-state index in [0.29, 0.717) is 0 Å². The number of halogens is 5. The van der Waals surface area contributed by atoms with Gasteiger partial charge in [0.05, 0.1) is 0 Å². The third-order valence-electron chi connectivity index (χ3n) is 3.03. The van der Waals surface area contributed by atoms with Crippen LogP contribution in [0, 0.1) is 0 Å². The Morgan fingerprint density at radius 1 is 1.17 bits per heavy atom. The number of hydrogen-bond donors (Lipinski definition) is 0. The highest BCUT2D eigenvalue weighted by atomic mass is 32.2. The average molecular weight is 383 g/mol. The van der Waals surface area contributed by atoms with Crippen LogP contribution in [-0.2, 0) is 19.0 Å². The zero-order valence-corrected chi connectivity index (χ0v) is 14.0. The Labute approximate surface area is 136 Å². The summed E-state index contributed by atoms with van der Waals surface area (Å²) in [5.74, 6) is -3.85. The van der Waals surface area contributed by atoms with Crippen molar-refractivity contribution in [2.45, 2.75) is 56.7 Å². The molecule has 0 saturated carbocycles. The molecule has 1 fully saturated rings. The summed E-state index contributed by atoms with van der Waals surface area (Å²) in [7, 11) is -6.17. The highest BCUT2D eigenvalue weighted by molar-refractivity contribution is 7.87. The van der Waals surface area contributed by atoms with Crippen LogP contribution in [0.15, 0.2) is 0 Å². The molecule has 24 heavy (non-hydrogen) atoms. The molecular weight excluding hydrogens is 365 g/mol. The summed E-state index contributed by atoms with van der Waals surface area (Å²) < 4.78 is 95.2. The topological polar surface area (TPSA) is 72.9 Å². The van der Waals surface area contributed by atoms with E-state index < -0.39 is 65.3 Å². The van der Waals surface area contributed by atoms with E-state index in [1.165, 1.54) is 0 Å². The van der Waals surface area contributed by atoms with Crippen molar-refractivity contribution in [3.05, 3.63) is 0 Å². The van der Waals surface area contributed by atoms with Gasteiger partial charge in [-0.3, -0.25) is 4.18 Å². The number of carbonyl (C=O) groups excluding carboxylic acids is 1. The van der Waals surface area contributed by atoms with Crippen LogP contribution in [0.1, 0.15) is 33.6 Å². The molecule has 1 atom stereocenters. The van der Waals surface area contributed by atoms with Crippen molar-refractivity contribution < 1.29 is 44.1 Å². The van der Waals surface area contributed by atoms with Gasteiger partial charge in [-0.25, -0.2) is 13.6 Å². The van der Waals surface area contributed by atoms with Gasteiger partial charge in [-0.2, -0.15) is 21.6 Å². The zero-order chi connectivity index (χ0) is 19.0. The molecular formula is C12H18F5NO5S. The first-order valence-electron chi connectivity index (χ1n) is 6.90. The van der Waals surface area contributed by atoms with E-state index in [9.17, 15) is 35.2 Å². The predicted octanol–water partition coefficient (Wildman–Crippen LogP) is 2.89. The Morgan fingerprint density at radius 2 is 1.71 bits per heavy atom. The quantitative estimate of drug-likeness (QED) is 0.417. The summed E-state index contributed by atoms with van der Waals surface area (Å²) in [6, 6.07) is 0. The molecule has 0 aromatic carbocycles. The van der Waals surface area contributed by atoms with Crippen LogP contribution < -0.4 is 0 Å². The summed E-state index contributed by atoms with van der Waals surface area (Å²) in [5.41, 5.74) is -6.69. The van der Waals surface area contributed by atoms with Crippen LogP contribution in [0.3, 0.4) is 0 Å². The Bertz CT molecular complexity index is 569. The Morgan fingerprint density at radius 3 is 2.17 bits per heavy atom. The summed E-state index contributed by atoms with van der Waals surface area (Å²) in [5, 5.41) is 0. The summed E-state index contributed by atoms with van der Waals surface area (Å²) in [6.45, 7) is 3.73. The maximum absolute atomic E-state index is 13.9. The molecule has 0 aromatic rings. The monoisotopic (exact) mass is 383 g/mol. The van der Waals surface area contributed by atoms with E-state index in [1.54, 1.807) is 20.8 Å². The molecule has 0 aromatic heterocycles. The standard InChI is InChI=1S/C12H18F5NO5S/c1-10(2,3)22-9(19)18-6-4-8(11(13,14)5-7-18)23-24(20,21)12(15,16)17/h8H,4-7H2,1-3H3. The summed E-state index contributed by atoms with van der Waals surface area (Å²) in [6.07, 6.45) is -5.28. The van der Waals surface area contributed by atoms with Crippen LogP contribution in [0.2, 0.25) is 0 Å². The molecule has 1 unspecified atom stereocenters. The number of amides is 1. The summed E-state index contributed by atoms with van der Waals surface area (Å²) >= 11 is 0. The smallest absolute Gasteiger partial charge is 0.444 e. The Balaban J connectivity index is 2.87. The van der Waals surface area contributed by atoms with Crippen molar-refractivity contribution in [2.75, 3.05) is 13.1 Å². The number of rotatable bonds is 2. The van der Waals surface area contributed by atoms with Crippen LogP contribution >= 0.6 is 0 Å². The maximum Gasteiger partial charge on any atom is 0.523 e. The molecule has 1 aliphatic heterocycles. The van der Waals surface area contributed by atoms with Gasteiger partial charge in [-0.05, 0) is 27.2 Å². The number of ether oxygens (including phenoxy) is 1. The number of hydrogen-bond acceptors (Lipinski definition) is 5. The lowest BCUT2D eigenvalue weighted by atomic mass is 10.1. The van der Waals surface area contributed by atoms with E-state index in [1.807, 2.05) is 0 Å². The van der Waals surface area contributed by atoms with Crippen molar-refractivity contribution in [1.82, 2.24) is 4.90 Å². The predicted molar refractivity (Wildman–Crippen MR) is 71.8 cm³/mol. The maximum atomic E-state index is 13.9. The molecule has 0 aliphatic carbocycles. The van der Waals surface area contributed by atoms with Gasteiger partial charge in [0, 0.05) is 19.5 Å². The zero-order valence-electron chi connectivity index (χ0n) is 13.2. The minimum atomic E-state index is -6.17. The molecule has 1 saturated heterocycles. The third-order valence-corrected chi connectivity index (χ3v) is 4.08. The van der Waals surface area contributed by atoms with E-state index in [-0.39, 0.29) is 0 Å². The van der Waals surface area contributed by atoms with Crippen LogP contribution in [-0.4, -0.2) is 55.6 Å². The first kappa shape index (κ1) is 20.9. The minimum Gasteiger partial charge on any atom is -0.444 e. The molecule has 0 bridgehead atoms. The molecule has 1 rings (SSSR count). The van der Waals surface area contributed by atoms with Gasteiger partial charge in [-0.15, -0.1) is 0 Å². The van der Waals surface area contributed by atoms with Crippen LogP contribution in [0.25, 0.3) is 0 Å². The number of alkyl halides is 5. The molecule has 1 aliphatic rings. The first-order chi connectivity index (χ1) is 10.6. The van der Waals surface area contributed by atoms with Gasteiger partial charge in [0.1, 0.15) is 11.7 Å². The van der Waals surface area contributed by atoms with Gasteiger partial charge in [0.15, 0.2) is 0 Å². The SMILES string of the molecule is CC(C)(C)OC(=O)N1CCC(OS(=O)(=O)C(F)(F)F)C(F)(F)CC1. The highest BCUT2D eigenvalue weighted by Crippen LogP contribution is 2.35. The number of nitrogens with zero attached hydrogens (tertiary/aromatic N) is 1. The fourth-order valence-electron chi connectivity index (χ4n) is 1.88. The second-order valence-corrected chi connectivity index (χ2v) is 7.82. The average Bonchev–Trinajstić information content (AvgIpc) is 2.46. The molecule has 1 heterocycles. The summed E-state index contributed by atoms with van der Waals surface area (Å²) in [4.78, 5) is 12.7. The Hall–Kier alpha value is -1.17. The highest BCUT2D eigenvalue weighted by Gasteiger charge is 2.53. The van der Waals surface area contributed by atoms with Crippen molar-refractivity contribution in [1.29, 1.82) is 0 Å². The van der Waals surface area contributed by atoms with Crippen molar-refractivity contribution in [3.8, 4) is 0 Å². The third kappa shape index (κ3) is 5.43.